The molecular weight excluding hydrogens is 464 g/mol. The van der Waals surface area contributed by atoms with Crippen LogP contribution in [-0.4, -0.2) is 36.6 Å². The summed E-state index contributed by atoms with van der Waals surface area (Å²) in [6, 6.07) is 7.65. The molecule has 142 valence electrons. The molecule has 0 aliphatic carbocycles. The largest absolute Gasteiger partial charge is 0.363 e. The van der Waals surface area contributed by atoms with Gasteiger partial charge in [0.1, 0.15) is 5.82 Å². The van der Waals surface area contributed by atoms with Gasteiger partial charge in [-0.15, -0.1) is 35.3 Å². The average Bonchev–Trinajstić information content (AvgIpc) is 3.16. The van der Waals surface area contributed by atoms with Crippen molar-refractivity contribution in [3.8, 4) is 0 Å². The number of halogens is 2. The Morgan fingerprint density at radius 2 is 2.15 bits per heavy atom. The lowest BCUT2D eigenvalue weighted by molar-refractivity contribution is 0.462. The fraction of sp³-hybridized carbons (Fsp3) is 0.444. The Bertz CT molecular complexity index is 687. The molecule has 0 aromatic carbocycles. The van der Waals surface area contributed by atoms with E-state index in [0.717, 1.165) is 38.4 Å². The molecule has 1 aliphatic rings. The molecule has 0 unspecified atom stereocenters. The molecule has 0 atom stereocenters. The summed E-state index contributed by atoms with van der Waals surface area (Å²) in [7, 11) is 0. The molecule has 3 heterocycles. The topological polar surface area (TPSA) is 52.6 Å². The van der Waals surface area contributed by atoms with Crippen LogP contribution in [0.25, 0.3) is 0 Å². The van der Waals surface area contributed by atoms with E-state index in [9.17, 15) is 4.39 Å². The van der Waals surface area contributed by atoms with E-state index in [1.165, 1.54) is 11.1 Å². The van der Waals surface area contributed by atoms with Crippen LogP contribution in [0, 0.1) is 5.82 Å². The fourth-order valence-electron chi connectivity index (χ4n) is 2.90. The summed E-state index contributed by atoms with van der Waals surface area (Å²) in [5, 5.41) is 10.2. The molecule has 2 aromatic rings. The minimum atomic E-state index is -0.314. The van der Waals surface area contributed by atoms with Crippen LogP contribution in [0.1, 0.15) is 25.5 Å². The third kappa shape index (κ3) is 5.80. The van der Waals surface area contributed by atoms with Crippen molar-refractivity contribution in [2.75, 3.05) is 24.5 Å². The molecule has 8 heteroatoms. The molecule has 0 saturated carbocycles. The zero-order valence-electron chi connectivity index (χ0n) is 14.8. The minimum Gasteiger partial charge on any atom is -0.363 e. The molecule has 26 heavy (non-hydrogen) atoms. The highest BCUT2D eigenvalue weighted by Crippen LogP contribution is 2.24. The van der Waals surface area contributed by atoms with Crippen molar-refractivity contribution in [3.05, 3.63) is 47.4 Å². The van der Waals surface area contributed by atoms with Gasteiger partial charge in [0, 0.05) is 31.9 Å². The fourth-order valence-corrected chi connectivity index (χ4v) is 3.68. The molecule has 2 N–H and O–H groups in total. The summed E-state index contributed by atoms with van der Waals surface area (Å²) in [4.78, 5) is 11.0. The van der Waals surface area contributed by atoms with Crippen LogP contribution < -0.4 is 15.5 Å². The lowest BCUT2D eigenvalue weighted by atomic mass is 10.1. The first-order valence-electron chi connectivity index (χ1n) is 8.69. The number of hydrogen-bond donors (Lipinski definition) is 2. The molecule has 0 amide bonds. The highest BCUT2D eigenvalue weighted by Gasteiger charge is 2.20. The van der Waals surface area contributed by atoms with Crippen molar-refractivity contribution in [2.45, 2.75) is 32.4 Å². The molecule has 0 spiro atoms. The molecule has 2 aromatic heterocycles. The summed E-state index contributed by atoms with van der Waals surface area (Å²) in [5.41, 5.74) is 0.368. The van der Waals surface area contributed by atoms with Crippen molar-refractivity contribution in [3.63, 3.8) is 0 Å². The van der Waals surface area contributed by atoms with Crippen LogP contribution in [-0.2, 0) is 6.54 Å². The number of anilines is 1. The monoisotopic (exact) mass is 489 g/mol. The number of guanidine groups is 1. The first-order chi connectivity index (χ1) is 12.3. The van der Waals surface area contributed by atoms with E-state index in [4.69, 9.17) is 0 Å². The molecule has 0 radical (unpaired) electrons. The Labute approximate surface area is 175 Å². The minimum absolute atomic E-state index is 0. The van der Waals surface area contributed by atoms with Crippen LogP contribution >= 0.6 is 35.3 Å². The molecule has 1 fully saturated rings. The lowest BCUT2D eigenvalue weighted by Gasteiger charge is -2.33. The smallest absolute Gasteiger partial charge is 0.191 e. The SMILES string of the molecule is CCNC(=NCc1ncccc1F)NC1CCN(c2cccs2)CC1.I. The van der Waals surface area contributed by atoms with Gasteiger partial charge in [-0.1, -0.05) is 0 Å². The van der Waals surface area contributed by atoms with Gasteiger partial charge in [0.25, 0.3) is 0 Å². The highest BCUT2D eigenvalue weighted by atomic mass is 127. The van der Waals surface area contributed by atoms with Crippen molar-refractivity contribution in [1.82, 2.24) is 15.6 Å². The maximum absolute atomic E-state index is 13.7. The second-order valence-corrected chi connectivity index (χ2v) is 6.91. The van der Waals surface area contributed by atoms with Gasteiger partial charge in [-0.3, -0.25) is 4.98 Å². The van der Waals surface area contributed by atoms with Gasteiger partial charge in [-0.05, 0) is 49.4 Å². The first kappa shape index (κ1) is 20.9. The van der Waals surface area contributed by atoms with Gasteiger partial charge in [-0.2, -0.15) is 0 Å². The van der Waals surface area contributed by atoms with Crippen LogP contribution in [0.5, 0.6) is 0 Å². The summed E-state index contributed by atoms with van der Waals surface area (Å²) in [6.07, 6.45) is 3.70. The summed E-state index contributed by atoms with van der Waals surface area (Å²) < 4.78 is 13.7. The summed E-state index contributed by atoms with van der Waals surface area (Å²) >= 11 is 1.79. The van der Waals surface area contributed by atoms with E-state index in [0.29, 0.717) is 11.7 Å². The van der Waals surface area contributed by atoms with E-state index in [-0.39, 0.29) is 36.3 Å². The molecule has 0 bridgehead atoms. The van der Waals surface area contributed by atoms with Crippen LogP contribution in [0.15, 0.2) is 40.8 Å². The summed E-state index contributed by atoms with van der Waals surface area (Å²) in [5.74, 6) is 0.411. The third-order valence-corrected chi connectivity index (χ3v) is 5.15. The summed E-state index contributed by atoms with van der Waals surface area (Å²) in [6.45, 7) is 5.09. The number of pyridine rings is 1. The number of nitrogens with one attached hydrogen (secondary N) is 2. The number of aromatic nitrogens is 1. The van der Waals surface area contributed by atoms with Crippen LogP contribution in [0.4, 0.5) is 9.39 Å². The van der Waals surface area contributed by atoms with Gasteiger partial charge in [0.15, 0.2) is 5.96 Å². The Hall–Kier alpha value is -1.42. The molecule has 3 rings (SSSR count). The van der Waals surface area contributed by atoms with Gasteiger partial charge in [-0.25, -0.2) is 9.38 Å². The maximum atomic E-state index is 13.7. The first-order valence-corrected chi connectivity index (χ1v) is 9.57. The Kier molecular flexibility index (Phi) is 8.56. The van der Waals surface area contributed by atoms with E-state index in [1.807, 2.05) is 6.92 Å². The van der Waals surface area contributed by atoms with Crippen molar-refractivity contribution >= 4 is 46.3 Å². The van der Waals surface area contributed by atoms with Gasteiger partial charge in [0.2, 0.25) is 0 Å². The quantitative estimate of drug-likeness (QED) is 0.383. The number of piperidine rings is 1. The third-order valence-electron chi connectivity index (χ3n) is 4.22. The van der Waals surface area contributed by atoms with Crippen LogP contribution in [0.3, 0.4) is 0 Å². The second kappa shape index (κ2) is 10.7. The van der Waals surface area contributed by atoms with Crippen molar-refractivity contribution in [1.29, 1.82) is 0 Å². The molecular formula is C18H25FIN5S. The van der Waals surface area contributed by atoms with Crippen LogP contribution in [0.2, 0.25) is 0 Å². The van der Waals surface area contributed by atoms with Gasteiger partial charge < -0.3 is 15.5 Å². The van der Waals surface area contributed by atoms with E-state index < -0.39 is 0 Å². The normalized spacial score (nSPS) is 15.5. The van der Waals surface area contributed by atoms with E-state index in [1.54, 1.807) is 23.6 Å². The average molecular weight is 489 g/mol. The number of hydrogen-bond acceptors (Lipinski definition) is 4. The Morgan fingerprint density at radius 1 is 1.35 bits per heavy atom. The number of thiophene rings is 1. The zero-order chi connectivity index (χ0) is 17.5. The van der Waals surface area contributed by atoms with Gasteiger partial charge in [0.05, 0.1) is 17.2 Å². The predicted octanol–water partition coefficient (Wildman–Crippen LogP) is 3.62. The Morgan fingerprint density at radius 3 is 2.81 bits per heavy atom. The molecule has 5 nitrogen and oxygen atoms in total. The number of rotatable bonds is 5. The van der Waals surface area contributed by atoms with Crippen molar-refractivity contribution in [2.24, 2.45) is 4.99 Å². The van der Waals surface area contributed by atoms with E-state index in [2.05, 4.69) is 43.0 Å². The van der Waals surface area contributed by atoms with E-state index >= 15 is 0 Å². The number of nitrogens with zero attached hydrogens (tertiary/aromatic N) is 3. The standard InChI is InChI=1S/C18H24FN5S.HI/c1-2-20-18(22-13-16-15(19)5-3-9-21-16)23-14-7-10-24(11-8-14)17-6-4-12-25-17;/h3-6,9,12,14H,2,7-8,10-11,13H2,1H3,(H2,20,22,23);1H. The molecule has 1 saturated heterocycles. The predicted molar refractivity (Wildman–Crippen MR) is 117 cm³/mol. The highest BCUT2D eigenvalue weighted by molar-refractivity contribution is 14.0. The molecule has 1 aliphatic heterocycles. The maximum Gasteiger partial charge on any atom is 0.191 e. The van der Waals surface area contributed by atoms with Gasteiger partial charge >= 0.3 is 0 Å². The lowest BCUT2D eigenvalue weighted by Crippen LogP contribution is -2.48. The Balaban J connectivity index is 0.00000243. The second-order valence-electron chi connectivity index (χ2n) is 5.98. The van der Waals surface area contributed by atoms with Crippen molar-refractivity contribution < 1.29 is 4.39 Å². The zero-order valence-corrected chi connectivity index (χ0v) is 18.0. The number of aliphatic imine (C=N–C) groups is 1.